The van der Waals surface area contributed by atoms with Crippen LogP contribution in [0.25, 0.3) is 0 Å². The smallest absolute Gasteiger partial charge is 0.325 e. The zero-order valence-corrected chi connectivity index (χ0v) is 12.4. The third kappa shape index (κ3) is 2.51. The molecule has 2 rings (SSSR count). The van der Waals surface area contributed by atoms with E-state index < -0.39 is 11.6 Å². The van der Waals surface area contributed by atoms with Crippen LogP contribution in [0.4, 0.5) is 4.79 Å². The summed E-state index contributed by atoms with van der Waals surface area (Å²) in [7, 11) is 0. The number of imide groups is 1. The molecule has 1 spiro atoms. The Hall–Kier alpha value is -1.59. The topological polar surface area (TPSA) is 78.5 Å². The lowest BCUT2D eigenvalue weighted by Crippen LogP contribution is -2.53. The van der Waals surface area contributed by atoms with E-state index in [4.69, 9.17) is 0 Å². The summed E-state index contributed by atoms with van der Waals surface area (Å²) in [6.07, 6.45) is 3.93. The number of nitrogens with zero attached hydrogens (tertiary/aromatic N) is 1. The van der Waals surface area contributed by atoms with Gasteiger partial charge in [0.15, 0.2) is 0 Å². The Morgan fingerprint density at radius 2 is 1.95 bits per heavy atom. The Labute approximate surface area is 119 Å². The minimum atomic E-state index is -0.787. The average Bonchev–Trinajstić information content (AvgIpc) is 2.92. The molecule has 0 atom stereocenters. The standard InChI is InChI=1S/C14H23N3O3/c1-4-13(2,3)16-10(18)9-17-12(20)15-11(19)14(17)7-5-6-8-14/h4-9H2,1-3H3,(H,16,18)(H,15,19,20). The van der Waals surface area contributed by atoms with E-state index in [0.29, 0.717) is 12.8 Å². The van der Waals surface area contributed by atoms with Crippen molar-refractivity contribution in [3.8, 4) is 0 Å². The number of amides is 4. The molecule has 6 heteroatoms. The van der Waals surface area contributed by atoms with E-state index in [0.717, 1.165) is 19.3 Å². The maximum atomic E-state index is 12.1. The molecule has 0 bridgehead atoms. The molecule has 0 aromatic carbocycles. The lowest BCUT2D eigenvalue weighted by Gasteiger charge is -2.32. The van der Waals surface area contributed by atoms with Crippen LogP contribution in [0, 0.1) is 0 Å². The Balaban J connectivity index is 2.09. The van der Waals surface area contributed by atoms with Crippen molar-refractivity contribution in [1.29, 1.82) is 0 Å². The van der Waals surface area contributed by atoms with Crippen LogP contribution in [-0.4, -0.2) is 40.4 Å². The molecular formula is C14H23N3O3. The lowest BCUT2D eigenvalue weighted by molar-refractivity contribution is -0.128. The molecule has 1 saturated heterocycles. The number of nitrogens with one attached hydrogen (secondary N) is 2. The SMILES string of the molecule is CCC(C)(C)NC(=O)CN1C(=O)NC(=O)C12CCCC2. The predicted octanol–water partition coefficient (Wildman–Crippen LogP) is 1.16. The fourth-order valence-electron chi connectivity index (χ4n) is 2.93. The zero-order valence-electron chi connectivity index (χ0n) is 12.4. The molecule has 2 aliphatic rings. The molecule has 0 aromatic heterocycles. The van der Waals surface area contributed by atoms with Crippen molar-refractivity contribution < 1.29 is 14.4 Å². The summed E-state index contributed by atoms with van der Waals surface area (Å²) in [4.78, 5) is 37.5. The minimum Gasteiger partial charge on any atom is -0.350 e. The van der Waals surface area contributed by atoms with E-state index in [1.807, 2.05) is 20.8 Å². The molecule has 1 heterocycles. The molecule has 2 N–H and O–H groups in total. The van der Waals surface area contributed by atoms with Gasteiger partial charge in [-0.25, -0.2) is 4.79 Å². The second-order valence-electron chi connectivity index (χ2n) is 6.37. The third-order valence-electron chi connectivity index (χ3n) is 4.50. The first-order valence-corrected chi connectivity index (χ1v) is 7.25. The quantitative estimate of drug-likeness (QED) is 0.759. The monoisotopic (exact) mass is 281 g/mol. The Kier molecular flexibility index (Phi) is 3.75. The largest absolute Gasteiger partial charge is 0.350 e. The molecule has 1 saturated carbocycles. The number of carbonyl (C=O) groups is 3. The van der Waals surface area contributed by atoms with E-state index in [1.165, 1.54) is 4.90 Å². The van der Waals surface area contributed by atoms with Gasteiger partial charge >= 0.3 is 6.03 Å². The first-order valence-electron chi connectivity index (χ1n) is 7.25. The molecule has 2 fully saturated rings. The lowest BCUT2D eigenvalue weighted by atomic mass is 9.96. The highest BCUT2D eigenvalue weighted by Gasteiger charge is 2.54. The van der Waals surface area contributed by atoms with E-state index in [-0.39, 0.29) is 23.9 Å². The Bertz CT molecular complexity index is 439. The van der Waals surface area contributed by atoms with Gasteiger partial charge in [0.2, 0.25) is 5.91 Å². The maximum absolute atomic E-state index is 12.1. The van der Waals surface area contributed by atoms with Gasteiger partial charge in [0.1, 0.15) is 12.1 Å². The van der Waals surface area contributed by atoms with Gasteiger partial charge < -0.3 is 10.2 Å². The highest BCUT2D eigenvalue weighted by atomic mass is 16.2. The highest BCUT2D eigenvalue weighted by molar-refractivity contribution is 6.08. The van der Waals surface area contributed by atoms with E-state index in [9.17, 15) is 14.4 Å². The van der Waals surface area contributed by atoms with Crippen molar-refractivity contribution in [2.45, 2.75) is 64.0 Å². The number of hydrogen-bond donors (Lipinski definition) is 2. The number of hydrogen-bond acceptors (Lipinski definition) is 3. The van der Waals surface area contributed by atoms with Gasteiger partial charge in [-0.15, -0.1) is 0 Å². The summed E-state index contributed by atoms with van der Waals surface area (Å²) in [5.41, 5.74) is -1.09. The van der Waals surface area contributed by atoms with Crippen LogP contribution in [0.5, 0.6) is 0 Å². The van der Waals surface area contributed by atoms with Crippen LogP contribution in [-0.2, 0) is 9.59 Å². The van der Waals surface area contributed by atoms with Crippen molar-refractivity contribution in [3.05, 3.63) is 0 Å². The molecular weight excluding hydrogens is 258 g/mol. The van der Waals surface area contributed by atoms with Gasteiger partial charge in [0, 0.05) is 5.54 Å². The number of rotatable bonds is 4. The van der Waals surface area contributed by atoms with Crippen molar-refractivity contribution in [2.75, 3.05) is 6.54 Å². The molecule has 112 valence electrons. The second kappa shape index (κ2) is 5.07. The van der Waals surface area contributed by atoms with Gasteiger partial charge in [-0.1, -0.05) is 19.8 Å². The molecule has 20 heavy (non-hydrogen) atoms. The van der Waals surface area contributed by atoms with E-state index in [1.54, 1.807) is 0 Å². The molecule has 0 aromatic rings. The van der Waals surface area contributed by atoms with E-state index in [2.05, 4.69) is 10.6 Å². The summed E-state index contributed by atoms with van der Waals surface area (Å²) in [5, 5.41) is 5.25. The normalized spacial score (nSPS) is 21.4. The number of urea groups is 1. The number of carbonyl (C=O) groups excluding carboxylic acids is 3. The molecule has 1 aliphatic heterocycles. The van der Waals surface area contributed by atoms with Crippen LogP contribution in [0.15, 0.2) is 0 Å². The molecule has 0 radical (unpaired) electrons. The van der Waals surface area contributed by atoms with Crippen LogP contribution >= 0.6 is 0 Å². The summed E-state index contributed by atoms with van der Waals surface area (Å²) < 4.78 is 0. The van der Waals surface area contributed by atoms with Gasteiger partial charge in [0.25, 0.3) is 5.91 Å². The third-order valence-corrected chi connectivity index (χ3v) is 4.50. The Morgan fingerprint density at radius 3 is 2.50 bits per heavy atom. The van der Waals surface area contributed by atoms with E-state index >= 15 is 0 Å². The van der Waals surface area contributed by atoms with Gasteiger partial charge in [-0.05, 0) is 33.1 Å². The first kappa shape index (κ1) is 14.8. The minimum absolute atomic E-state index is 0.0546. The van der Waals surface area contributed by atoms with Gasteiger partial charge in [-0.3, -0.25) is 14.9 Å². The maximum Gasteiger partial charge on any atom is 0.325 e. The first-order chi connectivity index (χ1) is 9.31. The zero-order chi connectivity index (χ0) is 15.0. The Morgan fingerprint density at radius 1 is 1.35 bits per heavy atom. The van der Waals surface area contributed by atoms with Crippen LogP contribution < -0.4 is 10.6 Å². The summed E-state index contributed by atoms with van der Waals surface area (Å²) in [6, 6.07) is -0.443. The predicted molar refractivity (Wildman–Crippen MR) is 74.0 cm³/mol. The van der Waals surface area contributed by atoms with Gasteiger partial charge in [-0.2, -0.15) is 0 Å². The molecule has 1 aliphatic carbocycles. The summed E-state index contributed by atoms with van der Waals surface area (Å²) in [5.74, 6) is -0.462. The second-order valence-corrected chi connectivity index (χ2v) is 6.37. The van der Waals surface area contributed by atoms with Gasteiger partial charge in [0.05, 0.1) is 0 Å². The van der Waals surface area contributed by atoms with Crippen LogP contribution in [0.3, 0.4) is 0 Å². The summed E-state index contributed by atoms with van der Waals surface area (Å²) >= 11 is 0. The molecule has 6 nitrogen and oxygen atoms in total. The van der Waals surface area contributed by atoms with Crippen LogP contribution in [0.2, 0.25) is 0 Å². The van der Waals surface area contributed by atoms with Crippen molar-refractivity contribution in [3.63, 3.8) is 0 Å². The van der Waals surface area contributed by atoms with Crippen LogP contribution in [0.1, 0.15) is 52.9 Å². The molecule has 4 amide bonds. The highest BCUT2D eigenvalue weighted by Crippen LogP contribution is 2.38. The van der Waals surface area contributed by atoms with Crippen molar-refractivity contribution in [1.82, 2.24) is 15.5 Å². The van der Waals surface area contributed by atoms with Crippen molar-refractivity contribution in [2.24, 2.45) is 0 Å². The fraction of sp³-hybridized carbons (Fsp3) is 0.786. The fourth-order valence-corrected chi connectivity index (χ4v) is 2.93. The van der Waals surface area contributed by atoms with Crippen molar-refractivity contribution >= 4 is 17.8 Å². The average molecular weight is 281 g/mol. The molecule has 0 unspecified atom stereocenters. The summed E-state index contributed by atoms with van der Waals surface area (Å²) in [6.45, 7) is 5.81.